The fourth-order valence-corrected chi connectivity index (χ4v) is 5.06. The summed E-state index contributed by atoms with van der Waals surface area (Å²) in [4.78, 5) is 33.1. The number of carbonyl (C=O) groups is 2. The lowest BCUT2D eigenvalue weighted by Gasteiger charge is -2.29. The summed E-state index contributed by atoms with van der Waals surface area (Å²) in [6, 6.07) is 19.3. The van der Waals surface area contributed by atoms with Crippen molar-refractivity contribution in [3.63, 3.8) is 0 Å². The summed E-state index contributed by atoms with van der Waals surface area (Å²) in [5.41, 5.74) is 1.97. The number of aryl methyl sites for hydroxylation is 1. The highest BCUT2D eigenvalue weighted by atomic mass is 16.5. The maximum atomic E-state index is 13.8. The highest BCUT2D eigenvalue weighted by Gasteiger charge is 2.24. The average Bonchev–Trinajstić information content (AvgIpc) is 3.65. The molecule has 0 atom stereocenters. The molecular formula is C32H41N3O5. The van der Waals surface area contributed by atoms with Crippen LogP contribution >= 0.6 is 0 Å². The van der Waals surface area contributed by atoms with Gasteiger partial charge in [-0.05, 0) is 74.7 Å². The fourth-order valence-electron chi connectivity index (χ4n) is 5.06. The number of carbonyl (C=O) groups excluding carboxylic acids is 2. The van der Waals surface area contributed by atoms with Gasteiger partial charge in [-0.25, -0.2) is 0 Å². The van der Waals surface area contributed by atoms with Crippen molar-refractivity contribution in [1.82, 2.24) is 14.7 Å². The van der Waals surface area contributed by atoms with Crippen LogP contribution in [0.1, 0.15) is 35.5 Å². The standard InChI is InChI=1S/C32H41N3O5/c1-25-11-13-28(40-25)23-34(18-15-27-12-14-29(38-2)30(21-27)39-3)32(37)24-35(20-19-33-16-7-8-17-33)31(36)22-26-9-5-4-6-10-26/h4-6,9-14,21H,7-8,15-20,22-24H2,1-3H3. The first-order valence-corrected chi connectivity index (χ1v) is 14.0. The first-order chi connectivity index (χ1) is 19.4. The maximum Gasteiger partial charge on any atom is 0.242 e. The Labute approximate surface area is 237 Å². The molecule has 40 heavy (non-hydrogen) atoms. The first-order valence-electron chi connectivity index (χ1n) is 14.0. The number of benzene rings is 2. The Kier molecular flexibility index (Phi) is 10.6. The van der Waals surface area contributed by atoms with Crippen LogP contribution in [0.5, 0.6) is 11.5 Å². The molecule has 214 valence electrons. The Morgan fingerprint density at radius 2 is 1.60 bits per heavy atom. The SMILES string of the molecule is COc1ccc(CCN(Cc2ccc(C)o2)C(=O)CN(CCN2CCCC2)C(=O)Cc2ccccc2)cc1OC. The van der Waals surface area contributed by atoms with Crippen LogP contribution in [0.3, 0.4) is 0 Å². The smallest absolute Gasteiger partial charge is 0.242 e. The minimum atomic E-state index is -0.0997. The molecule has 1 fully saturated rings. The van der Waals surface area contributed by atoms with Gasteiger partial charge >= 0.3 is 0 Å². The second-order valence-electron chi connectivity index (χ2n) is 10.3. The van der Waals surface area contributed by atoms with Crippen LogP contribution in [0.4, 0.5) is 0 Å². The zero-order valence-electron chi connectivity index (χ0n) is 23.9. The van der Waals surface area contributed by atoms with Crippen LogP contribution in [-0.4, -0.2) is 80.0 Å². The summed E-state index contributed by atoms with van der Waals surface area (Å²) in [6.45, 7) is 6.13. The highest BCUT2D eigenvalue weighted by Crippen LogP contribution is 2.28. The van der Waals surface area contributed by atoms with E-state index < -0.39 is 0 Å². The molecule has 2 aromatic carbocycles. The summed E-state index contributed by atoms with van der Waals surface area (Å²) in [5.74, 6) is 2.70. The molecular weight excluding hydrogens is 506 g/mol. The Balaban J connectivity index is 1.48. The van der Waals surface area contributed by atoms with Gasteiger partial charge in [0.1, 0.15) is 11.5 Å². The number of furan rings is 1. The van der Waals surface area contributed by atoms with E-state index in [1.165, 1.54) is 12.8 Å². The number of methoxy groups -OCH3 is 2. The predicted molar refractivity (Wildman–Crippen MR) is 155 cm³/mol. The van der Waals surface area contributed by atoms with Gasteiger partial charge in [0.15, 0.2) is 11.5 Å². The number of nitrogens with zero attached hydrogens (tertiary/aromatic N) is 3. The molecule has 0 aliphatic carbocycles. The Bertz CT molecular complexity index is 1240. The molecule has 1 saturated heterocycles. The number of hydrogen-bond acceptors (Lipinski definition) is 6. The average molecular weight is 548 g/mol. The van der Waals surface area contributed by atoms with Crippen molar-refractivity contribution in [3.8, 4) is 11.5 Å². The molecule has 0 unspecified atom stereocenters. The molecule has 1 aliphatic rings. The molecule has 0 spiro atoms. The Morgan fingerprint density at radius 3 is 2.27 bits per heavy atom. The van der Waals surface area contributed by atoms with Crippen LogP contribution in [-0.2, 0) is 29.0 Å². The number of ether oxygens (including phenoxy) is 2. The van der Waals surface area contributed by atoms with Gasteiger partial charge in [0.05, 0.1) is 33.7 Å². The van der Waals surface area contributed by atoms with Gasteiger partial charge in [0.2, 0.25) is 11.8 Å². The van der Waals surface area contributed by atoms with E-state index in [9.17, 15) is 9.59 Å². The van der Waals surface area contributed by atoms with E-state index in [-0.39, 0.29) is 24.8 Å². The van der Waals surface area contributed by atoms with Gasteiger partial charge in [-0.3, -0.25) is 9.59 Å². The van der Waals surface area contributed by atoms with E-state index in [1.54, 1.807) is 24.0 Å². The van der Waals surface area contributed by atoms with Crippen molar-refractivity contribution in [2.24, 2.45) is 0 Å². The summed E-state index contributed by atoms with van der Waals surface area (Å²) in [6.07, 6.45) is 3.27. The van der Waals surface area contributed by atoms with Crippen molar-refractivity contribution in [3.05, 3.63) is 83.3 Å². The minimum absolute atomic E-state index is 0.0329. The van der Waals surface area contributed by atoms with Gasteiger partial charge in [0, 0.05) is 19.6 Å². The van der Waals surface area contributed by atoms with E-state index >= 15 is 0 Å². The summed E-state index contributed by atoms with van der Waals surface area (Å²) in [5, 5.41) is 0. The number of likely N-dealkylation sites (tertiary alicyclic amines) is 1. The molecule has 3 aromatic rings. The molecule has 0 radical (unpaired) electrons. The summed E-state index contributed by atoms with van der Waals surface area (Å²) >= 11 is 0. The number of rotatable bonds is 14. The van der Waals surface area contributed by atoms with Crippen LogP contribution in [0.15, 0.2) is 65.1 Å². The maximum absolute atomic E-state index is 13.8. The second kappa shape index (κ2) is 14.6. The van der Waals surface area contributed by atoms with Gasteiger partial charge in [-0.1, -0.05) is 36.4 Å². The molecule has 4 rings (SSSR count). The molecule has 1 aromatic heterocycles. The van der Waals surface area contributed by atoms with E-state index in [0.717, 1.165) is 42.3 Å². The summed E-state index contributed by atoms with van der Waals surface area (Å²) < 4.78 is 16.6. The van der Waals surface area contributed by atoms with Crippen LogP contribution < -0.4 is 9.47 Å². The first kappa shape index (κ1) is 29.2. The van der Waals surface area contributed by atoms with Crippen molar-refractivity contribution >= 4 is 11.8 Å². The molecule has 1 aliphatic heterocycles. The predicted octanol–water partition coefficient (Wildman–Crippen LogP) is 4.34. The number of amides is 2. The zero-order valence-corrected chi connectivity index (χ0v) is 23.9. The van der Waals surface area contributed by atoms with Crippen molar-refractivity contribution < 1.29 is 23.5 Å². The normalized spacial score (nSPS) is 13.3. The lowest BCUT2D eigenvalue weighted by Crippen LogP contribution is -2.46. The fraction of sp³-hybridized carbons (Fsp3) is 0.438. The topological polar surface area (TPSA) is 75.5 Å². The van der Waals surface area contributed by atoms with E-state index in [2.05, 4.69) is 4.90 Å². The Morgan fingerprint density at radius 1 is 0.850 bits per heavy atom. The van der Waals surface area contributed by atoms with Crippen LogP contribution in [0.25, 0.3) is 0 Å². The molecule has 0 bridgehead atoms. The molecule has 2 amide bonds. The summed E-state index contributed by atoms with van der Waals surface area (Å²) in [7, 11) is 3.22. The minimum Gasteiger partial charge on any atom is -0.493 e. The lowest BCUT2D eigenvalue weighted by atomic mass is 10.1. The van der Waals surface area contributed by atoms with Crippen LogP contribution in [0, 0.1) is 6.92 Å². The quantitative estimate of drug-likeness (QED) is 0.299. The van der Waals surface area contributed by atoms with E-state index in [4.69, 9.17) is 13.9 Å². The van der Waals surface area contributed by atoms with Gasteiger partial charge < -0.3 is 28.6 Å². The third-order valence-electron chi connectivity index (χ3n) is 7.38. The molecule has 0 N–H and O–H groups in total. The van der Waals surface area contributed by atoms with Gasteiger partial charge in [-0.15, -0.1) is 0 Å². The Hall–Kier alpha value is -3.78. The molecule has 0 saturated carbocycles. The van der Waals surface area contributed by atoms with E-state index in [1.807, 2.05) is 67.6 Å². The third-order valence-corrected chi connectivity index (χ3v) is 7.38. The number of hydrogen-bond donors (Lipinski definition) is 0. The largest absolute Gasteiger partial charge is 0.493 e. The highest BCUT2D eigenvalue weighted by molar-refractivity contribution is 5.86. The van der Waals surface area contributed by atoms with Crippen molar-refractivity contribution in [2.75, 3.05) is 53.5 Å². The van der Waals surface area contributed by atoms with Gasteiger partial charge in [0.25, 0.3) is 0 Å². The molecule has 8 nitrogen and oxygen atoms in total. The van der Waals surface area contributed by atoms with Crippen LogP contribution in [0.2, 0.25) is 0 Å². The monoisotopic (exact) mass is 547 g/mol. The third kappa shape index (κ3) is 8.36. The van der Waals surface area contributed by atoms with Crippen molar-refractivity contribution in [1.29, 1.82) is 0 Å². The molecule has 8 heteroatoms. The van der Waals surface area contributed by atoms with E-state index in [0.29, 0.717) is 37.6 Å². The second-order valence-corrected chi connectivity index (χ2v) is 10.3. The zero-order chi connectivity index (χ0) is 28.3. The lowest BCUT2D eigenvalue weighted by molar-refractivity contribution is -0.140. The van der Waals surface area contributed by atoms with Crippen molar-refractivity contribution in [2.45, 2.75) is 39.2 Å². The molecule has 2 heterocycles. The van der Waals surface area contributed by atoms with Gasteiger partial charge in [-0.2, -0.15) is 0 Å².